The van der Waals surface area contributed by atoms with Crippen molar-refractivity contribution in [1.82, 2.24) is 0 Å². The second-order valence-electron chi connectivity index (χ2n) is 5.14. The van der Waals surface area contributed by atoms with Crippen LogP contribution in [0.5, 0.6) is 11.5 Å². The summed E-state index contributed by atoms with van der Waals surface area (Å²) in [5.41, 5.74) is 7.72. The third-order valence-electron chi connectivity index (χ3n) is 3.41. The molecule has 0 saturated heterocycles. The van der Waals surface area contributed by atoms with Crippen molar-refractivity contribution in [3.05, 3.63) is 57.8 Å². The van der Waals surface area contributed by atoms with E-state index in [9.17, 15) is 4.39 Å². The SMILES string of the molecule is CCC(N)Cc1ccc(Oc2ccc(C)c(F)c2)cc1Br. The second kappa shape index (κ2) is 7.05. The van der Waals surface area contributed by atoms with E-state index < -0.39 is 0 Å². The lowest BCUT2D eigenvalue weighted by molar-refractivity contribution is 0.475. The predicted octanol–water partition coefficient (Wildman–Crippen LogP) is 4.97. The Balaban J connectivity index is 2.14. The molecule has 0 fully saturated rings. The van der Waals surface area contributed by atoms with Gasteiger partial charge in [-0.05, 0) is 49.1 Å². The van der Waals surface area contributed by atoms with Gasteiger partial charge in [-0.1, -0.05) is 35.0 Å². The standard InChI is InChI=1S/C17H19BrFNO/c1-3-13(20)8-12-5-7-14(9-16(12)18)21-15-6-4-11(2)17(19)10-15/h4-7,9-10,13H,3,8,20H2,1-2H3. The average molecular weight is 352 g/mol. The molecule has 0 radical (unpaired) electrons. The quantitative estimate of drug-likeness (QED) is 0.825. The zero-order chi connectivity index (χ0) is 15.4. The minimum Gasteiger partial charge on any atom is -0.457 e. The number of ether oxygens (including phenoxy) is 1. The lowest BCUT2D eigenvalue weighted by atomic mass is 10.0. The van der Waals surface area contributed by atoms with E-state index in [1.807, 2.05) is 18.2 Å². The minimum atomic E-state index is -0.267. The Morgan fingerprint density at radius 1 is 1.19 bits per heavy atom. The van der Waals surface area contributed by atoms with Crippen LogP contribution in [0.25, 0.3) is 0 Å². The number of nitrogens with two attached hydrogens (primary N) is 1. The maximum absolute atomic E-state index is 13.5. The summed E-state index contributed by atoms with van der Waals surface area (Å²) in [7, 11) is 0. The van der Waals surface area contributed by atoms with Crippen LogP contribution in [0, 0.1) is 12.7 Å². The molecule has 4 heteroatoms. The van der Waals surface area contributed by atoms with Crippen molar-refractivity contribution in [3.63, 3.8) is 0 Å². The molecule has 1 unspecified atom stereocenters. The summed E-state index contributed by atoms with van der Waals surface area (Å²) < 4.78 is 20.1. The van der Waals surface area contributed by atoms with Crippen molar-refractivity contribution in [3.8, 4) is 11.5 Å². The van der Waals surface area contributed by atoms with Gasteiger partial charge in [0.05, 0.1) is 0 Å². The van der Waals surface area contributed by atoms with Crippen molar-refractivity contribution in [2.45, 2.75) is 32.7 Å². The Morgan fingerprint density at radius 2 is 1.86 bits per heavy atom. The smallest absolute Gasteiger partial charge is 0.130 e. The van der Waals surface area contributed by atoms with Crippen LogP contribution in [-0.2, 0) is 6.42 Å². The van der Waals surface area contributed by atoms with Crippen LogP contribution in [0.3, 0.4) is 0 Å². The van der Waals surface area contributed by atoms with Gasteiger partial charge in [-0.3, -0.25) is 0 Å². The van der Waals surface area contributed by atoms with Gasteiger partial charge in [0, 0.05) is 16.6 Å². The Hall–Kier alpha value is -1.39. The average Bonchev–Trinajstić information content (AvgIpc) is 2.45. The fourth-order valence-electron chi connectivity index (χ4n) is 1.96. The van der Waals surface area contributed by atoms with Gasteiger partial charge in [0.2, 0.25) is 0 Å². The van der Waals surface area contributed by atoms with E-state index in [0.717, 1.165) is 22.9 Å². The highest BCUT2D eigenvalue weighted by molar-refractivity contribution is 9.10. The van der Waals surface area contributed by atoms with Crippen molar-refractivity contribution < 1.29 is 9.13 Å². The van der Waals surface area contributed by atoms with Crippen molar-refractivity contribution in [1.29, 1.82) is 0 Å². The molecule has 0 spiro atoms. The van der Waals surface area contributed by atoms with E-state index in [1.54, 1.807) is 19.1 Å². The first-order valence-corrected chi connectivity index (χ1v) is 7.77. The zero-order valence-electron chi connectivity index (χ0n) is 12.2. The highest BCUT2D eigenvalue weighted by atomic mass is 79.9. The molecule has 0 bridgehead atoms. The van der Waals surface area contributed by atoms with Crippen molar-refractivity contribution in [2.24, 2.45) is 5.73 Å². The van der Waals surface area contributed by atoms with Crippen LogP contribution < -0.4 is 10.5 Å². The number of hydrogen-bond donors (Lipinski definition) is 1. The lowest BCUT2D eigenvalue weighted by Gasteiger charge is -2.12. The van der Waals surface area contributed by atoms with Gasteiger partial charge in [-0.15, -0.1) is 0 Å². The number of hydrogen-bond acceptors (Lipinski definition) is 2. The first-order valence-electron chi connectivity index (χ1n) is 6.97. The molecule has 1 atom stereocenters. The molecule has 0 saturated carbocycles. The third kappa shape index (κ3) is 4.29. The van der Waals surface area contributed by atoms with Crippen LogP contribution in [0.4, 0.5) is 4.39 Å². The topological polar surface area (TPSA) is 35.2 Å². The van der Waals surface area contributed by atoms with Gasteiger partial charge in [0.15, 0.2) is 0 Å². The van der Waals surface area contributed by atoms with E-state index in [0.29, 0.717) is 17.1 Å². The summed E-state index contributed by atoms with van der Waals surface area (Å²) in [6.07, 6.45) is 1.75. The summed E-state index contributed by atoms with van der Waals surface area (Å²) in [4.78, 5) is 0. The van der Waals surface area contributed by atoms with Gasteiger partial charge < -0.3 is 10.5 Å². The molecule has 0 aliphatic carbocycles. The number of benzene rings is 2. The molecule has 0 amide bonds. The van der Waals surface area contributed by atoms with Crippen LogP contribution in [0.1, 0.15) is 24.5 Å². The molecule has 0 aliphatic rings. The van der Waals surface area contributed by atoms with Crippen LogP contribution >= 0.6 is 15.9 Å². The van der Waals surface area contributed by atoms with Crippen molar-refractivity contribution in [2.75, 3.05) is 0 Å². The normalized spacial score (nSPS) is 12.2. The Bertz CT molecular complexity index is 630. The van der Waals surface area contributed by atoms with Crippen LogP contribution in [0.15, 0.2) is 40.9 Å². The van der Waals surface area contributed by atoms with Gasteiger partial charge >= 0.3 is 0 Å². The summed E-state index contributed by atoms with van der Waals surface area (Å²) >= 11 is 3.53. The molecule has 2 aromatic rings. The van der Waals surface area contributed by atoms with E-state index in [1.165, 1.54) is 6.07 Å². The lowest BCUT2D eigenvalue weighted by Crippen LogP contribution is -2.21. The maximum atomic E-state index is 13.5. The number of rotatable bonds is 5. The van der Waals surface area contributed by atoms with Gasteiger partial charge in [0.1, 0.15) is 17.3 Å². The molecule has 2 rings (SSSR count). The number of halogens is 2. The van der Waals surface area contributed by atoms with Gasteiger partial charge in [0.25, 0.3) is 0 Å². The Kier molecular flexibility index (Phi) is 5.37. The Labute approximate surface area is 133 Å². The maximum Gasteiger partial charge on any atom is 0.130 e. The zero-order valence-corrected chi connectivity index (χ0v) is 13.8. The molecular formula is C17H19BrFNO. The largest absolute Gasteiger partial charge is 0.457 e. The molecule has 112 valence electrons. The highest BCUT2D eigenvalue weighted by Gasteiger charge is 2.08. The summed E-state index contributed by atoms with van der Waals surface area (Å²) in [6, 6.07) is 10.8. The van der Waals surface area contributed by atoms with Crippen LogP contribution in [0.2, 0.25) is 0 Å². The van der Waals surface area contributed by atoms with Gasteiger partial charge in [-0.25, -0.2) is 4.39 Å². The van der Waals surface area contributed by atoms with E-state index >= 15 is 0 Å². The summed E-state index contributed by atoms with van der Waals surface area (Å²) in [5, 5.41) is 0. The molecule has 21 heavy (non-hydrogen) atoms. The molecule has 0 heterocycles. The summed E-state index contributed by atoms with van der Waals surface area (Å²) in [5.74, 6) is 0.888. The van der Waals surface area contributed by atoms with E-state index in [2.05, 4.69) is 22.9 Å². The molecule has 0 aromatic heterocycles. The molecule has 2 nitrogen and oxygen atoms in total. The van der Waals surface area contributed by atoms with E-state index in [4.69, 9.17) is 10.5 Å². The van der Waals surface area contributed by atoms with E-state index in [-0.39, 0.29) is 11.9 Å². The predicted molar refractivity (Wildman–Crippen MR) is 87.3 cm³/mol. The molecular weight excluding hydrogens is 333 g/mol. The minimum absolute atomic E-state index is 0.152. The monoisotopic (exact) mass is 351 g/mol. The highest BCUT2D eigenvalue weighted by Crippen LogP contribution is 2.28. The summed E-state index contributed by atoms with van der Waals surface area (Å²) in [6.45, 7) is 3.80. The first kappa shape index (κ1) is 16.0. The fourth-order valence-corrected chi connectivity index (χ4v) is 2.48. The third-order valence-corrected chi connectivity index (χ3v) is 4.15. The number of aryl methyl sites for hydroxylation is 1. The first-order chi connectivity index (χ1) is 9.99. The van der Waals surface area contributed by atoms with Gasteiger partial charge in [-0.2, -0.15) is 0 Å². The fraction of sp³-hybridized carbons (Fsp3) is 0.294. The van der Waals surface area contributed by atoms with Crippen molar-refractivity contribution >= 4 is 15.9 Å². The van der Waals surface area contributed by atoms with Crippen LogP contribution in [-0.4, -0.2) is 6.04 Å². The molecule has 0 aliphatic heterocycles. The second-order valence-corrected chi connectivity index (χ2v) is 5.99. The molecule has 2 aromatic carbocycles. The Morgan fingerprint density at radius 3 is 2.48 bits per heavy atom. The molecule has 2 N–H and O–H groups in total.